The molecule has 0 aliphatic carbocycles. The van der Waals surface area contributed by atoms with E-state index in [-0.39, 0.29) is 6.17 Å². The quantitative estimate of drug-likeness (QED) is 0.924. The molecule has 2 aliphatic heterocycles. The highest BCUT2D eigenvalue weighted by molar-refractivity contribution is 5.58. The molecule has 4 nitrogen and oxygen atoms in total. The number of fused-ring (bicyclic) bond motifs is 2. The molecular formula is C19H20N2O2. The van der Waals surface area contributed by atoms with E-state index in [4.69, 9.17) is 9.47 Å². The van der Waals surface area contributed by atoms with Gasteiger partial charge in [-0.3, -0.25) is 5.32 Å². The van der Waals surface area contributed by atoms with Gasteiger partial charge in [-0.2, -0.15) is 0 Å². The van der Waals surface area contributed by atoms with Crippen LogP contribution in [-0.4, -0.2) is 32.2 Å². The van der Waals surface area contributed by atoms with E-state index in [1.54, 1.807) is 14.2 Å². The number of benzene rings is 2. The number of rotatable bonds is 3. The minimum absolute atomic E-state index is 0.226. The molecule has 0 spiro atoms. The Morgan fingerprint density at radius 1 is 1.04 bits per heavy atom. The molecule has 2 heterocycles. The zero-order valence-electron chi connectivity index (χ0n) is 13.4. The van der Waals surface area contributed by atoms with Crippen LogP contribution < -0.4 is 25.2 Å². The van der Waals surface area contributed by atoms with Gasteiger partial charge in [0, 0.05) is 24.0 Å². The summed E-state index contributed by atoms with van der Waals surface area (Å²) >= 11 is 0. The molecule has 1 atom stereocenters. The van der Waals surface area contributed by atoms with E-state index >= 15 is 0 Å². The third-order valence-corrected chi connectivity index (χ3v) is 4.61. The fourth-order valence-electron chi connectivity index (χ4n) is 3.47. The first-order valence-corrected chi connectivity index (χ1v) is 7.82. The van der Waals surface area contributed by atoms with Crippen LogP contribution in [0.5, 0.6) is 11.5 Å². The number of ether oxygens (including phenoxy) is 2. The summed E-state index contributed by atoms with van der Waals surface area (Å²) in [5.41, 5.74) is 2.61. The summed E-state index contributed by atoms with van der Waals surface area (Å²) in [7, 11) is 3.36. The highest BCUT2D eigenvalue weighted by atomic mass is 16.5. The van der Waals surface area contributed by atoms with Gasteiger partial charge < -0.3 is 14.4 Å². The third-order valence-electron chi connectivity index (χ3n) is 4.61. The van der Waals surface area contributed by atoms with E-state index in [0.717, 1.165) is 24.6 Å². The maximum absolute atomic E-state index is 5.47. The number of nitrogens with zero attached hydrogens (tertiary/aromatic N) is 1. The van der Waals surface area contributed by atoms with Gasteiger partial charge >= 0.3 is 0 Å². The van der Waals surface area contributed by atoms with Gasteiger partial charge in [0.25, 0.3) is 0 Å². The van der Waals surface area contributed by atoms with Gasteiger partial charge in [0.05, 0.1) is 14.2 Å². The van der Waals surface area contributed by atoms with E-state index in [0.29, 0.717) is 0 Å². The fourth-order valence-corrected chi connectivity index (χ4v) is 3.47. The maximum Gasteiger partial charge on any atom is 0.161 e. The Hall–Kier alpha value is -2.46. The van der Waals surface area contributed by atoms with Crippen molar-refractivity contribution in [1.82, 2.24) is 10.2 Å². The number of methoxy groups -OCH3 is 2. The van der Waals surface area contributed by atoms with Crippen molar-refractivity contribution in [3.05, 3.63) is 58.5 Å². The molecular weight excluding hydrogens is 288 g/mol. The summed E-state index contributed by atoms with van der Waals surface area (Å²) in [5.74, 6) is 1.55. The summed E-state index contributed by atoms with van der Waals surface area (Å²) in [4.78, 5) is 2.42. The van der Waals surface area contributed by atoms with E-state index in [1.165, 1.54) is 21.7 Å². The first-order valence-electron chi connectivity index (χ1n) is 7.82. The Balaban J connectivity index is 1.83. The standard InChI is InChI=1S/C19H20N2O2/c1-22-17-10-14-8-9-21-16(15(14)11-18(17)23-2)12-20-19(21)13-6-4-3-5-7-13/h3-8,10-11,19-20H,9,12H2,1-2H3. The van der Waals surface area contributed by atoms with Crippen molar-refractivity contribution in [2.75, 3.05) is 27.3 Å². The lowest BCUT2D eigenvalue weighted by Crippen LogP contribution is -2.39. The van der Waals surface area contributed by atoms with Gasteiger partial charge in [0.1, 0.15) is 6.17 Å². The molecule has 2 aliphatic rings. The highest BCUT2D eigenvalue weighted by Crippen LogP contribution is 2.29. The van der Waals surface area contributed by atoms with Crippen LogP contribution in [0.4, 0.5) is 0 Å². The van der Waals surface area contributed by atoms with Gasteiger partial charge in [-0.05, 0) is 22.9 Å². The van der Waals surface area contributed by atoms with Crippen molar-refractivity contribution < 1.29 is 9.47 Å². The van der Waals surface area contributed by atoms with Crippen molar-refractivity contribution >= 4 is 11.8 Å². The predicted molar refractivity (Wildman–Crippen MR) is 90.6 cm³/mol. The van der Waals surface area contributed by atoms with Gasteiger partial charge in [-0.25, -0.2) is 0 Å². The molecule has 0 amide bonds. The highest BCUT2D eigenvalue weighted by Gasteiger charge is 2.30. The minimum Gasteiger partial charge on any atom is -0.493 e. The van der Waals surface area contributed by atoms with E-state index in [9.17, 15) is 0 Å². The largest absolute Gasteiger partial charge is 0.493 e. The van der Waals surface area contributed by atoms with Crippen LogP contribution in [-0.2, 0) is 0 Å². The Bertz CT molecular complexity index is 846. The van der Waals surface area contributed by atoms with Crippen LogP contribution in [0.25, 0.3) is 11.8 Å². The van der Waals surface area contributed by atoms with Gasteiger partial charge in [0.15, 0.2) is 11.5 Å². The van der Waals surface area contributed by atoms with Crippen LogP contribution in [0.15, 0.2) is 42.5 Å². The summed E-state index contributed by atoms with van der Waals surface area (Å²) in [6.07, 6.45) is 2.48. The SMILES string of the molecule is COc1cc2c(cc1OC)=C1CNC(c3ccccc3)N1CC=2. The zero-order chi connectivity index (χ0) is 15.8. The number of hydrogen-bond donors (Lipinski definition) is 1. The molecule has 0 radical (unpaired) electrons. The molecule has 23 heavy (non-hydrogen) atoms. The van der Waals surface area contributed by atoms with Crippen molar-refractivity contribution in [3.8, 4) is 11.5 Å². The summed E-state index contributed by atoms with van der Waals surface area (Å²) in [6.45, 7) is 1.75. The van der Waals surface area contributed by atoms with E-state index < -0.39 is 0 Å². The zero-order valence-corrected chi connectivity index (χ0v) is 13.4. The number of hydrogen-bond acceptors (Lipinski definition) is 4. The molecule has 1 fully saturated rings. The molecule has 0 aromatic heterocycles. The van der Waals surface area contributed by atoms with Crippen LogP contribution in [0, 0.1) is 0 Å². The van der Waals surface area contributed by atoms with E-state index in [1.807, 2.05) is 0 Å². The minimum atomic E-state index is 0.226. The topological polar surface area (TPSA) is 33.7 Å². The van der Waals surface area contributed by atoms with Crippen molar-refractivity contribution in [2.45, 2.75) is 6.17 Å². The monoisotopic (exact) mass is 308 g/mol. The van der Waals surface area contributed by atoms with Gasteiger partial charge in [0.2, 0.25) is 0 Å². The van der Waals surface area contributed by atoms with Crippen molar-refractivity contribution in [3.63, 3.8) is 0 Å². The third kappa shape index (κ3) is 2.26. The van der Waals surface area contributed by atoms with Crippen molar-refractivity contribution in [2.24, 2.45) is 0 Å². The van der Waals surface area contributed by atoms with Gasteiger partial charge in [-0.15, -0.1) is 0 Å². The molecule has 2 aromatic rings. The second-order valence-corrected chi connectivity index (χ2v) is 5.79. The average Bonchev–Trinajstić information content (AvgIpc) is 3.05. The molecule has 4 rings (SSSR count). The van der Waals surface area contributed by atoms with Crippen molar-refractivity contribution in [1.29, 1.82) is 0 Å². The van der Waals surface area contributed by atoms with Crippen LogP contribution >= 0.6 is 0 Å². The first-order chi connectivity index (χ1) is 11.3. The molecule has 1 N–H and O–H groups in total. The predicted octanol–water partition coefficient (Wildman–Crippen LogP) is 1.21. The second kappa shape index (κ2) is 5.63. The molecule has 1 unspecified atom stereocenters. The fraction of sp³-hybridized carbons (Fsp3) is 0.263. The summed E-state index contributed by atoms with van der Waals surface area (Å²) < 4.78 is 10.9. The second-order valence-electron chi connectivity index (χ2n) is 5.79. The molecule has 2 aromatic carbocycles. The smallest absolute Gasteiger partial charge is 0.161 e. The maximum atomic E-state index is 5.47. The number of nitrogens with one attached hydrogen (secondary N) is 1. The lowest BCUT2D eigenvalue weighted by molar-refractivity contribution is 0.336. The van der Waals surface area contributed by atoms with E-state index in [2.05, 4.69) is 58.8 Å². The Morgan fingerprint density at radius 2 is 1.78 bits per heavy atom. The van der Waals surface area contributed by atoms with Crippen LogP contribution in [0.1, 0.15) is 11.7 Å². The molecule has 0 saturated carbocycles. The summed E-state index contributed by atoms with van der Waals surface area (Å²) in [5, 5.41) is 6.05. The van der Waals surface area contributed by atoms with Crippen LogP contribution in [0.3, 0.4) is 0 Å². The molecule has 4 heteroatoms. The summed E-state index contributed by atoms with van der Waals surface area (Å²) in [6, 6.07) is 14.7. The molecule has 1 saturated heterocycles. The van der Waals surface area contributed by atoms with Crippen LogP contribution in [0.2, 0.25) is 0 Å². The Labute approximate surface area is 135 Å². The first kappa shape index (κ1) is 14.2. The average molecular weight is 308 g/mol. The Morgan fingerprint density at radius 3 is 2.52 bits per heavy atom. The molecule has 0 bridgehead atoms. The molecule has 118 valence electrons. The Kier molecular flexibility index (Phi) is 3.46. The van der Waals surface area contributed by atoms with Gasteiger partial charge in [-0.1, -0.05) is 36.4 Å². The normalized spacial score (nSPS) is 19.0. The lowest BCUT2D eigenvalue weighted by Gasteiger charge is -2.28. The lowest BCUT2D eigenvalue weighted by atomic mass is 10.1.